The van der Waals surface area contributed by atoms with Gasteiger partial charge in [0.05, 0.1) is 12.3 Å². The third-order valence-corrected chi connectivity index (χ3v) is 2.43. The van der Waals surface area contributed by atoms with E-state index in [-0.39, 0.29) is 0 Å². The van der Waals surface area contributed by atoms with Gasteiger partial charge in [0.15, 0.2) is 0 Å². The van der Waals surface area contributed by atoms with Gasteiger partial charge >= 0.3 is 0 Å². The summed E-state index contributed by atoms with van der Waals surface area (Å²) in [6, 6.07) is 2.42. The molecule has 0 radical (unpaired) electrons. The highest BCUT2D eigenvalue weighted by atomic mass is 16.3. The lowest BCUT2D eigenvalue weighted by Crippen LogP contribution is -2.21. The first-order chi connectivity index (χ1) is 6.33. The summed E-state index contributed by atoms with van der Waals surface area (Å²) in [6.07, 6.45) is 8.67. The first-order valence-electron chi connectivity index (χ1n) is 4.41. The maximum Gasteiger partial charge on any atom is 0.133 e. The minimum Gasteiger partial charge on any atom is -0.465 e. The van der Waals surface area contributed by atoms with Gasteiger partial charge in [-0.15, -0.1) is 6.58 Å². The van der Waals surface area contributed by atoms with Gasteiger partial charge in [-0.25, -0.2) is 0 Å². The van der Waals surface area contributed by atoms with Crippen LogP contribution in [-0.2, 0) is 0 Å². The van der Waals surface area contributed by atoms with Crippen LogP contribution in [0.5, 0.6) is 0 Å². The van der Waals surface area contributed by atoms with Crippen LogP contribution in [0.4, 0.5) is 0 Å². The molecule has 0 saturated heterocycles. The van der Waals surface area contributed by atoms with Crippen LogP contribution in [0, 0.1) is 0 Å². The first kappa shape index (κ1) is 8.17. The van der Waals surface area contributed by atoms with Crippen molar-refractivity contribution in [2.24, 2.45) is 0 Å². The molecule has 1 aliphatic rings. The highest BCUT2D eigenvalue weighted by molar-refractivity contribution is 5.51. The Morgan fingerprint density at radius 1 is 1.69 bits per heavy atom. The Balaban J connectivity index is 2.36. The Bertz CT molecular complexity index is 338. The molecule has 2 heteroatoms. The van der Waals surface area contributed by atoms with E-state index in [1.165, 1.54) is 5.56 Å². The van der Waals surface area contributed by atoms with E-state index >= 15 is 0 Å². The zero-order chi connectivity index (χ0) is 9.26. The smallest absolute Gasteiger partial charge is 0.133 e. The average Bonchev–Trinajstić information content (AvgIpc) is 2.58. The van der Waals surface area contributed by atoms with Gasteiger partial charge in [0, 0.05) is 18.8 Å². The van der Waals surface area contributed by atoms with Crippen LogP contribution in [0.15, 0.2) is 35.6 Å². The largest absolute Gasteiger partial charge is 0.465 e. The number of fused-ring (bicyclic) bond motifs is 1. The predicted octanol–water partition coefficient (Wildman–Crippen LogP) is 2.81. The van der Waals surface area contributed by atoms with Crippen LogP contribution in [0.1, 0.15) is 23.8 Å². The quantitative estimate of drug-likeness (QED) is 0.642. The molecule has 1 aromatic heterocycles. The monoisotopic (exact) mass is 175 g/mol. The molecule has 2 nitrogen and oxygen atoms in total. The molecule has 1 atom stereocenters. The minimum atomic E-state index is 0.385. The van der Waals surface area contributed by atoms with Gasteiger partial charge in [-0.1, -0.05) is 6.08 Å². The van der Waals surface area contributed by atoms with Crippen molar-refractivity contribution in [1.29, 1.82) is 0 Å². The lowest BCUT2D eigenvalue weighted by molar-refractivity contribution is 0.330. The molecule has 1 unspecified atom stereocenters. The Morgan fingerprint density at radius 3 is 3.31 bits per heavy atom. The molecular formula is C11H13NO. The number of hydrogen-bond acceptors (Lipinski definition) is 2. The maximum absolute atomic E-state index is 5.33. The standard InChI is InChI=1S/C11H13NO/c1-3-4-10-9-6-8-13-11(9)5-7-12(10)2/h3,5-8,10H,1,4H2,2H3. The molecule has 0 aromatic carbocycles. The molecule has 0 aliphatic carbocycles. The van der Waals surface area contributed by atoms with Crippen molar-refractivity contribution in [3.05, 3.63) is 42.5 Å². The number of furan rings is 1. The molecule has 0 bridgehead atoms. The third kappa shape index (κ3) is 1.28. The summed E-state index contributed by atoms with van der Waals surface area (Å²) in [6.45, 7) is 3.77. The van der Waals surface area contributed by atoms with Gasteiger partial charge in [0.1, 0.15) is 5.76 Å². The van der Waals surface area contributed by atoms with Crippen LogP contribution in [0.25, 0.3) is 6.08 Å². The SMILES string of the molecule is C=CCC1c2ccoc2C=CN1C. The lowest BCUT2D eigenvalue weighted by atomic mass is 10.0. The van der Waals surface area contributed by atoms with Crippen LogP contribution in [0.2, 0.25) is 0 Å². The van der Waals surface area contributed by atoms with Crippen LogP contribution < -0.4 is 0 Å². The van der Waals surface area contributed by atoms with E-state index in [2.05, 4.69) is 18.5 Å². The van der Waals surface area contributed by atoms with E-state index in [4.69, 9.17) is 4.42 Å². The van der Waals surface area contributed by atoms with Crippen molar-refractivity contribution in [3.63, 3.8) is 0 Å². The molecule has 0 amide bonds. The molecule has 1 aromatic rings. The predicted molar refractivity (Wildman–Crippen MR) is 53.1 cm³/mol. The van der Waals surface area contributed by atoms with Gasteiger partial charge in [-0.2, -0.15) is 0 Å². The lowest BCUT2D eigenvalue weighted by Gasteiger charge is -2.28. The van der Waals surface area contributed by atoms with Crippen molar-refractivity contribution in [3.8, 4) is 0 Å². The fourth-order valence-corrected chi connectivity index (χ4v) is 1.70. The molecule has 0 fully saturated rings. The second kappa shape index (κ2) is 3.13. The second-order valence-corrected chi connectivity index (χ2v) is 3.26. The van der Waals surface area contributed by atoms with Gasteiger partial charge in [-0.05, 0) is 18.6 Å². The summed E-state index contributed by atoms with van der Waals surface area (Å²) in [7, 11) is 2.07. The van der Waals surface area contributed by atoms with Crippen molar-refractivity contribution < 1.29 is 4.42 Å². The molecular weight excluding hydrogens is 162 g/mol. The first-order valence-corrected chi connectivity index (χ1v) is 4.41. The normalized spacial score (nSPS) is 20.1. The summed E-state index contributed by atoms with van der Waals surface area (Å²) in [4.78, 5) is 2.18. The Hall–Kier alpha value is -1.44. The number of rotatable bonds is 2. The summed E-state index contributed by atoms with van der Waals surface area (Å²) < 4.78 is 5.33. The fraction of sp³-hybridized carbons (Fsp3) is 0.273. The van der Waals surface area contributed by atoms with Crippen LogP contribution >= 0.6 is 0 Å². The van der Waals surface area contributed by atoms with Crippen molar-refractivity contribution in [2.45, 2.75) is 12.5 Å². The Morgan fingerprint density at radius 2 is 2.54 bits per heavy atom. The molecule has 68 valence electrons. The highest BCUT2D eigenvalue weighted by Gasteiger charge is 2.21. The molecule has 2 rings (SSSR count). The third-order valence-electron chi connectivity index (χ3n) is 2.43. The zero-order valence-electron chi connectivity index (χ0n) is 7.73. The topological polar surface area (TPSA) is 16.4 Å². The minimum absolute atomic E-state index is 0.385. The second-order valence-electron chi connectivity index (χ2n) is 3.26. The summed E-state index contributed by atoms with van der Waals surface area (Å²) in [5, 5.41) is 0. The molecule has 1 aliphatic heterocycles. The fourth-order valence-electron chi connectivity index (χ4n) is 1.70. The summed E-state index contributed by atoms with van der Waals surface area (Å²) in [5.74, 6) is 0.977. The molecule has 2 heterocycles. The Labute approximate surface area is 78.2 Å². The Kier molecular flexibility index (Phi) is 1.97. The summed E-state index contributed by atoms with van der Waals surface area (Å²) >= 11 is 0. The molecule has 0 spiro atoms. The number of hydrogen-bond donors (Lipinski definition) is 0. The van der Waals surface area contributed by atoms with Gasteiger partial charge in [-0.3, -0.25) is 0 Å². The molecule has 0 saturated carbocycles. The van der Waals surface area contributed by atoms with E-state index in [1.54, 1.807) is 6.26 Å². The molecule has 13 heavy (non-hydrogen) atoms. The molecule has 0 N–H and O–H groups in total. The van der Waals surface area contributed by atoms with Crippen LogP contribution in [0.3, 0.4) is 0 Å². The van der Waals surface area contributed by atoms with E-state index in [0.29, 0.717) is 6.04 Å². The van der Waals surface area contributed by atoms with Gasteiger partial charge < -0.3 is 9.32 Å². The zero-order valence-corrected chi connectivity index (χ0v) is 7.73. The van der Waals surface area contributed by atoms with E-state index in [0.717, 1.165) is 12.2 Å². The maximum atomic E-state index is 5.33. The number of nitrogens with zero attached hydrogens (tertiary/aromatic N) is 1. The van der Waals surface area contributed by atoms with E-state index < -0.39 is 0 Å². The van der Waals surface area contributed by atoms with Gasteiger partial charge in [0.2, 0.25) is 0 Å². The van der Waals surface area contributed by atoms with Crippen molar-refractivity contribution in [1.82, 2.24) is 4.90 Å². The van der Waals surface area contributed by atoms with Crippen molar-refractivity contribution in [2.75, 3.05) is 7.05 Å². The summed E-state index contributed by atoms with van der Waals surface area (Å²) in [5.41, 5.74) is 1.25. The average molecular weight is 175 g/mol. The van der Waals surface area contributed by atoms with E-state index in [9.17, 15) is 0 Å². The van der Waals surface area contributed by atoms with Gasteiger partial charge in [0.25, 0.3) is 0 Å². The van der Waals surface area contributed by atoms with Crippen LogP contribution in [-0.4, -0.2) is 11.9 Å². The van der Waals surface area contributed by atoms with Crippen molar-refractivity contribution >= 4 is 6.08 Å². The van der Waals surface area contributed by atoms with E-state index in [1.807, 2.05) is 24.4 Å². The highest BCUT2D eigenvalue weighted by Crippen LogP contribution is 2.32.